The molecule has 3 aliphatic carbocycles. The topological polar surface area (TPSA) is 43.4 Å². The molecule has 1 heterocycles. The molecule has 5 heteroatoms. The SMILES string of the molecule is CC(C)[C@@H](C)/C=C/[C@@H](C)[C@H]1CC[C@H]2/C(=C/C3C4=C(CC[C@H](O[Si](c5ccccc5)(c5ccccc5)C(C)(C)C)C4)CS3(=O)=O)CCC[C@H]12. The van der Waals surface area contributed by atoms with Crippen molar-refractivity contribution in [2.24, 2.45) is 35.5 Å². The van der Waals surface area contributed by atoms with Crippen molar-refractivity contribution in [3.63, 3.8) is 0 Å². The molecule has 1 unspecified atom stereocenters. The number of fused-ring (bicyclic) bond motifs is 1. The van der Waals surface area contributed by atoms with Crippen molar-refractivity contribution in [1.29, 1.82) is 0 Å². The Balaban J connectivity index is 1.27. The minimum absolute atomic E-state index is 0.0000803. The molecule has 260 valence electrons. The van der Waals surface area contributed by atoms with Crippen molar-refractivity contribution in [2.45, 2.75) is 116 Å². The van der Waals surface area contributed by atoms with Crippen LogP contribution in [0.3, 0.4) is 0 Å². The Morgan fingerprint density at radius 2 is 1.48 bits per heavy atom. The molecule has 2 aromatic rings. The number of benzene rings is 2. The molecule has 0 aromatic heterocycles. The van der Waals surface area contributed by atoms with Crippen molar-refractivity contribution in [1.82, 2.24) is 0 Å². The summed E-state index contributed by atoms with van der Waals surface area (Å²) in [7, 11) is -5.99. The van der Waals surface area contributed by atoms with Crippen LogP contribution in [0.1, 0.15) is 99.8 Å². The quantitative estimate of drug-likeness (QED) is 0.195. The normalized spacial score (nSPS) is 29.8. The molecule has 0 amide bonds. The van der Waals surface area contributed by atoms with Crippen LogP contribution < -0.4 is 10.4 Å². The fraction of sp³-hybridized carbons (Fsp3) is 0.581. The van der Waals surface area contributed by atoms with Gasteiger partial charge in [-0.25, -0.2) is 8.42 Å². The van der Waals surface area contributed by atoms with Crippen LogP contribution in [0.25, 0.3) is 0 Å². The van der Waals surface area contributed by atoms with Crippen LogP contribution in [0.5, 0.6) is 0 Å². The molecule has 48 heavy (non-hydrogen) atoms. The first-order chi connectivity index (χ1) is 22.8. The molecule has 0 bridgehead atoms. The van der Waals surface area contributed by atoms with Crippen molar-refractivity contribution in [3.05, 3.63) is 95.6 Å². The van der Waals surface area contributed by atoms with Gasteiger partial charge < -0.3 is 4.43 Å². The summed E-state index contributed by atoms with van der Waals surface area (Å²) in [5, 5.41) is 1.99. The van der Waals surface area contributed by atoms with Crippen molar-refractivity contribution in [3.8, 4) is 0 Å². The Hall–Kier alpha value is -2.21. The predicted octanol–water partition coefficient (Wildman–Crippen LogP) is 9.45. The lowest BCUT2D eigenvalue weighted by molar-refractivity contribution is 0.171. The van der Waals surface area contributed by atoms with Gasteiger partial charge >= 0.3 is 0 Å². The van der Waals surface area contributed by atoms with Gasteiger partial charge in [-0.2, -0.15) is 0 Å². The third-order valence-electron chi connectivity index (χ3n) is 12.7. The highest BCUT2D eigenvalue weighted by Crippen LogP contribution is 2.52. The lowest BCUT2D eigenvalue weighted by Crippen LogP contribution is -2.67. The van der Waals surface area contributed by atoms with E-state index >= 15 is 0 Å². The van der Waals surface area contributed by atoms with Gasteiger partial charge in [0.25, 0.3) is 8.32 Å². The van der Waals surface area contributed by atoms with E-state index in [2.05, 4.69) is 127 Å². The minimum atomic E-state index is -3.26. The molecule has 0 radical (unpaired) electrons. The first kappa shape index (κ1) is 35.6. The molecule has 6 rings (SSSR count). The van der Waals surface area contributed by atoms with Crippen LogP contribution in [-0.2, 0) is 14.3 Å². The van der Waals surface area contributed by atoms with E-state index in [9.17, 15) is 8.42 Å². The smallest absolute Gasteiger partial charge is 0.261 e. The molecule has 2 saturated carbocycles. The maximum absolute atomic E-state index is 13.9. The average molecular weight is 685 g/mol. The number of allylic oxidation sites excluding steroid dienone is 3. The van der Waals surface area contributed by atoms with E-state index in [-0.39, 0.29) is 16.9 Å². The summed E-state index contributed by atoms with van der Waals surface area (Å²) in [5.74, 6) is 3.97. The van der Waals surface area contributed by atoms with Gasteiger partial charge in [0, 0.05) is 6.10 Å². The summed E-state index contributed by atoms with van der Waals surface area (Å²) in [6.45, 7) is 16.3. The van der Waals surface area contributed by atoms with E-state index in [4.69, 9.17) is 4.43 Å². The fourth-order valence-corrected chi connectivity index (χ4v) is 16.5. The molecule has 0 N–H and O–H groups in total. The maximum atomic E-state index is 13.9. The highest BCUT2D eigenvalue weighted by atomic mass is 32.2. The van der Waals surface area contributed by atoms with Crippen LogP contribution in [0.4, 0.5) is 0 Å². The fourth-order valence-electron chi connectivity index (χ4n) is 9.74. The second-order valence-corrected chi connectivity index (χ2v) is 23.4. The molecular formula is C43H60O3SSi. The number of sulfone groups is 1. The summed E-state index contributed by atoms with van der Waals surface area (Å²) in [4.78, 5) is 0. The van der Waals surface area contributed by atoms with Crippen LogP contribution in [0, 0.1) is 35.5 Å². The van der Waals surface area contributed by atoms with Crippen LogP contribution >= 0.6 is 0 Å². The third-order valence-corrected chi connectivity index (χ3v) is 19.7. The van der Waals surface area contributed by atoms with Crippen molar-refractivity contribution >= 4 is 28.5 Å². The standard InChI is InChI=1S/C43H60O3SSi/c1-30(2)31(3)21-22-32(4)38-25-26-39-33(15-14-20-40(38)39)27-42-41-28-35(24-23-34(41)29-47(42,44)45)46-48(43(5,6)7,36-16-10-8-11-17-36)37-18-12-9-13-19-37/h8-13,16-19,21-22,27,30-32,35,38-40,42H,14-15,20,23-26,28-29H2,1-7H3/b22-21+,33-27+/t31-,32+,35-,38+,39-,40+,42?/m0/s1. The highest BCUT2D eigenvalue weighted by Gasteiger charge is 2.52. The Morgan fingerprint density at radius 1 is 0.833 bits per heavy atom. The molecule has 1 aliphatic heterocycles. The van der Waals surface area contributed by atoms with Gasteiger partial charge in [0.15, 0.2) is 9.84 Å². The number of rotatable bonds is 9. The van der Waals surface area contributed by atoms with Gasteiger partial charge in [-0.3, -0.25) is 0 Å². The Labute approximate surface area is 293 Å². The Bertz CT molecular complexity index is 1580. The molecule has 7 atom stereocenters. The van der Waals surface area contributed by atoms with Gasteiger partial charge in [0.1, 0.15) is 5.25 Å². The summed E-state index contributed by atoms with van der Waals surface area (Å²) in [6.07, 6.45) is 15.6. The maximum Gasteiger partial charge on any atom is 0.261 e. The molecule has 0 saturated heterocycles. The van der Waals surface area contributed by atoms with Gasteiger partial charge in [-0.15, -0.1) is 0 Å². The van der Waals surface area contributed by atoms with Crippen LogP contribution in [-0.4, -0.2) is 33.8 Å². The summed E-state index contributed by atoms with van der Waals surface area (Å²) < 4.78 is 35.5. The first-order valence-corrected chi connectivity index (χ1v) is 22.5. The first-order valence-electron chi connectivity index (χ1n) is 18.9. The largest absolute Gasteiger partial charge is 0.404 e. The lowest BCUT2D eigenvalue weighted by atomic mass is 9.71. The van der Waals surface area contributed by atoms with Crippen LogP contribution in [0.2, 0.25) is 5.04 Å². The summed E-state index contributed by atoms with van der Waals surface area (Å²) in [5.41, 5.74) is 3.78. The second-order valence-electron chi connectivity index (χ2n) is 17.0. The molecule has 0 spiro atoms. The van der Waals surface area contributed by atoms with E-state index < -0.39 is 23.4 Å². The van der Waals surface area contributed by atoms with Gasteiger partial charge in [-0.1, -0.05) is 139 Å². The van der Waals surface area contributed by atoms with Gasteiger partial charge in [0.2, 0.25) is 0 Å². The predicted molar refractivity (Wildman–Crippen MR) is 205 cm³/mol. The molecular weight excluding hydrogens is 625 g/mol. The van der Waals surface area contributed by atoms with Crippen molar-refractivity contribution in [2.75, 3.05) is 5.75 Å². The molecule has 2 fully saturated rings. The zero-order valence-corrected chi connectivity index (χ0v) is 32.4. The molecule has 2 aromatic carbocycles. The zero-order chi connectivity index (χ0) is 34.3. The van der Waals surface area contributed by atoms with Gasteiger partial charge in [0.05, 0.1) is 5.75 Å². The minimum Gasteiger partial charge on any atom is -0.404 e. The molecule has 4 aliphatic rings. The van der Waals surface area contributed by atoms with E-state index in [1.807, 2.05) is 0 Å². The Morgan fingerprint density at radius 3 is 2.08 bits per heavy atom. The van der Waals surface area contributed by atoms with Crippen molar-refractivity contribution < 1.29 is 12.8 Å². The summed E-state index contributed by atoms with van der Waals surface area (Å²) in [6, 6.07) is 21.7. The average Bonchev–Trinajstić information content (AvgIpc) is 3.61. The molecule has 3 nitrogen and oxygen atoms in total. The van der Waals surface area contributed by atoms with Gasteiger partial charge in [-0.05, 0) is 108 Å². The van der Waals surface area contributed by atoms with E-state index in [1.54, 1.807) is 0 Å². The van der Waals surface area contributed by atoms with E-state index in [1.165, 1.54) is 47.2 Å². The zero-order valence-electron chi connectivity index (χ0n) is 30.6. The second kappa shape index (κ2) is 14.2. The van der Waals surface area contributed by atoms with E-state index in [0.717, 1.165) is 31.3 Å². The third kappa shape index (κ3) is 6.90. The Kier molecular flexibility index (Phi) is 10.5. The monoisotopic (exact) mass is 684 g/mol. The van der Waals surface area contributed by atoms with E-state index in [0.29, 0.717) is 35.5 Å². The highest BCUT2D eigenvalue weighted by molar-refractivity contribution is 7.92. The summed E-state index contributed by atoms with van der Waals surface area (Å²) >= 11 is 0. The number of hydrogen-bond donors (Lipinski definition) is 0. The van der Waals surface area contributed by atoms with Crippen LogP contribution in [0.15, 0.2) is 95.6 Å². The number of hydrogen-bond acceptors (Lipinski definition) is 3. The lowest BCUT2D eigenvalue weighted by Gasteiger charge is -2.46.